The summed E-state index contributed by atoms with van der Waals surface area (Å²) < 4.78 is 6.53. The summed E-state index contributed by atoms with van der Waals surface area (Å²) in [6, 6.07) is 10.0. The van der Waals surface area contributed by atoms with E-state index >= 15 is 0 Å². The lowest BCUT2D eigenvalue weighted by Gasteiger charge is -2.34. The monoisotopic (exact) mass is 373 g/mol. The molecule has 0 spiro atoms. The minimum atomic E-state index is 0.216. The highest BCUT2D eigenvalue weighted by Gasteiger charge is 2.23. The number of anilines is 1. The van der Waals surface area contributed by atoms with Crippen molar-refractivity contribution in [1.29, 1.82) is 0 Å². The number of thiophene rings is 1. The third-order valence-electron chi connectivity index (χ3n) is 4.40. The smallest absolute Gasteiger partial charge is 0.227 e. The molecule has 1 aromatic carbocycles. The lowest BCUT2D eigenvalue weighted by Crippen LogP contribution is -2.49. The Kier molecular flexibility index (Phi) is 4.59. The Bertz CT molecular complexity index is 868. The lowest BCUT2D eigenvalue weighted by molar-refractivity contribution is -0.130. The van der Waals surface area contributed by atoms with Gasteiger partial charge in [0.15, 0.2) is 5.13 Å². The minimum absolute atomic E-state index is 0.216. The van der Waals surface area contributed by atoms with E-state index in [-0.39, 0.29) is 5.91 Å². The molecule has 0 N–H and O–H groups in total. The van der Waals surface area contributed by atoms with Crippen LogP contribution in [0.5, 0.6) is 5.75 Å². The summed E-state index contributed by atoms with van der Waals surface area (Å²) in [4.78, 5) is 22.5. The highest BCUT2D eigenvalue weighted by molar-refractivity contribution is 7.22. The van der Waals surface area contributed by atoms with Gasteiger partial charge in [-0.3, -0.25) is 4.79 Å². The van der Waals surface area contributed by atoms with Gasteiger partial charge in [0.25, 0.3) is 0 Å². The highest BCUT2D eigenvalue weighted by Crippen LogP contribution is 2.34. The quantitative estimate of drug-likeness (QED) is 0.704. The summed E-state index contributed by atoms with van der Waals surface area (Å²) in [7, 11) is 1.67. The number of aromatic nitrogens is 1. The number of hydrogen-bond donors (Lipinski definition) is 0. The van der Waals surface area contributed by atoms with Crippen molar-refractivity contribution < 1.29 is 9.53 Å². The van der Waals surface area contributed by atoms with Crippen LogP contribution in [0.2, 0.25) is 0 Å². The number of carbonyl (C=O) groups is 1. The molecule has 1 aliphatic heterocycles. The molecule has 0 bridgehead atoms. The van der Waals surface area contributed by atoms with Crippen molar-refractivity contribution in [3.8, 4) is 5.75 Å². The van der Waals surface area contributed by atoms with Crippen LogP contribution < -0.4 is 9.64 Å². The van der Waals surface area contributed by atoms with Gasteiger partial charge in [-0.25, -0.2) is 4.98 Å². The Morgan fingerprint density at radius 2 is 2.04 bits per heavy atom. The van der Waals surface area contributed by atoms with E-state index < -0.39 is 0 Å². The third-order valence-corrected chi connectivity index (χ3v) is 6.36. The minimum Gasteiger partial charge on any atom is -0.494 e. The molecule has 1 saturated heterocycles. The highest BCUT2D eigenvalue weighted by atomic mass is 32.1. The number of hydrogen-bond acceptors (Lipinski definition) is 6. The Labute approximate surface area is 154 Å². The molecule has 3 aromatic rings. The van der Waals surface area contributed by atoms with Crippen LogP contribution in [0.3, 0.4) is 0 Å². The van der Waals surface area contributed by atoms with Gasteiger partial charge in [0.1, 0.15) is 11.3 Å². The molecule has 0 saturated carbocycles. The van der Waals surface area contributed by atoms with Crippen molar-refractivity contribution in [3.05, 3.63) is 40.6 Å². The molecule has 0 aliphatic carbocycles. The van der Waals surface area contributed by atoms with Crippen molar-refractivity contribution >= 4 is 43.9 Å². The number of methoxy groups -OCH3 is 1. The summed E-state index contributed by atoms with van der Waals surface area (Å²) in [6.45, 7) is 3.13. The summed E-state index contributed by atoms with van der Waals surface area (Å²) in [5, 5.41) is 3.02. The number of carbonyl (C=O) groups excluding carboxylic acids is 1. The molecule has 0 atom stereocenters. The first-order chi connectivity index (χ1) is 12.2. The van der Waals surface area contributed by atoms with E-state index in [0.29, 0.717) is 6.42 Å². The topological polar surface area (TPSA) is 45.7 Å². The van der Waals surface area contributed by atoms with E-state index in [0.717, 1.165) is 52.2 Å². The molecule has 5 nitrogen and oxygen atoms in total. The van der Waals surface area contributed by atoms with Crippen LogP contribution in [0, 0.1) is 0 Å². The van der Waals surface area contributed by atoms with Crippen molar-refractivity contribution in [2.24, 2.45) is 0 Å². The maximum Gasteiger partial charge on any atom is 0.227 e. The van der Waals surface area contributed by atoms with Gasteiger partial charge in [0, 0.05) is 31.1 Å². The molecule has 3 heterocycles. The van der Waals surface area contributed by atoms with E-state index in [2.05, 4.69) is 11.0 Å². The van der Waals surface area contributed by atoms with E-state index in [1.54, 1.807) is 29.8 Å². The number of ether oxygens (including phenoxy) is 1. The molecule has 7 heteroatoms. The van der Waals surface area contributed by atoms with Gasteiger partial charge >= 0.3 is 0 Å². The molecule has 0 radical (unpaired) electrons. The second kappa shape index (κ2) is 7.01. The maximum atomic E-state index is 12.4. The van der Waals surface area contributed by atoms with Crippen LogP contribution in [0.1, 0.15) is 4.88 Å². The second-order valence-corrected chi connectivity index (χ2v) is 7.97. The summed E-state index contributed by atoms with van der Waals surface area (Å²) >= 11 is 3.32. The van der Waals surface area contributed by atoms with Crippen molar-refractivity contribution in [3.63, 3.8) is 0 Å². The average molecular weight is 374 g/mol. The number of benzene rings is 1. The van der Waals surface area contributed by atoms with Gasteiger partial charge in [0.2, 0.25) is 5.91 Å². The maximum absolute atomic E-state index is 12.4. The Balaban J connectivity index is 1.42. The SMILES string of the molecule is COc1cccc2sc(N3CCN(C(=O)Cc4cccs4)CC3)nc12. The molecule has 25 heavy (non-hydrogen) atoms. The Hall–Kier alpha value is -2.12. The molecule has 1 amide bonds. The fourth-order valence-corrected chi connectivity index (χ4v) is 4.76. The molecule has 0 unspecified atom stereocenters. The second-order valence-electron chi connectivity index (χ2n) is 5.93. The third kappa shape index (κ3) is 3.34. The van der Waals surface area contributed by atoms with Crippen molar-refractivity contribution in [2.45, 2.75) is 6.42 Å². The van der Waals surface area contributed by atoms with E-state index in [9.17, 15) is 4.79 Å². The largest absolute Gasteiger partial charge is 0.494 e. The van der Waals surface area contributed by atoms with Gasteiger partial charge < -0.3 is 14.5 Å². The summed E-state index contributed by atoms with van der Waals surface area (Å²) in [5.74, 6) is 1.03. The van der Waals surface area contributed by atoms with Gasteiger partial charge in [0.05, 0.1) is 18.2 Å². The Morgan fingerprint density at radius 1 is 1.20 bits per heavy atom. The van der Waals surface area contributed by atoms with Gasteiger partial charge in [-0.2, -0.15) is 0 Å². The van der Waals surface area contributed by atoms with E-state index in [1.165, 1.54) is 0 Å². The predicted octanol–water partition coefficient (Wildman–Crippen LogP) is 3.26. The normalized spacial score (nSPS) is 14.9. The van der Waals surface area contributed by atoms with E-state index in [4.69, 9.17) is 9.72 Å². The Morgan fingerprint density at radius 3 is 2.76 bits per heavy atom. The first-order valence-corrected chi connectivity index (χ1v) is 9.93. The predicted molar refractivity (Wildman–Crippen MR) is 103 cm³/mol. The number of thiazole rings is 1. The van der Waals surface area contributed by atoms with Crippen LogP contribution in [-0.4, -0.2) is 49.1 Å². The van der Waals surface area contributed by atoms with Gasteiger partial charge in [-0.1, -0.05) is 23.5 Å². The first-order valence-electron chi connectivity index (χ1n) is 8.23. The van der Waals surface area contributed by atoms with Crippen molar-refractivity contribution in [1.82, 2.24) is 9.88 Å². The molecule has 1 fully saturated rings. The zero-order chi connectivity index (χ0) is 17.2. The number of amides is 1. The zero-order valence-corrected chi connectivity index (χ0v) is 15.6. The van der Waals surface area contributed by atoms with Gasteiger partial charge in [-0.05, 0) is 23.6 Å². The number of fused-ring (bicyclic) bond motifs is 1. The average Bonchev–Trinajstić information content (AvgIpc) is 3.30. The van der Waals surface area contributed by atoms with Crippen LogP contribution >= 0.6 is 22.7 Å². The van der Waals surface area contributed by atoms with Crippen LogP contribution in [-0.2, 0) is 11.2 Å². The van der Waals surface area contributed by atoms with E-state index in [1.807, 2.05) is 34.5 Å². The fraction of sp³-hybridized carbons (Fsp3) is 0.333. The van der Waals surface area contributed by atoms with Gasteiger partial charge in [-0.15, -0.1) is 11.3 Å². The molecule has 130 valence electrons. The number of para-hydroxylation sites is 1. The first kappa shape index (κ1) is 16.4. The van der Waals surface area contributed by atoms with Crippen LogP contribution in [0.4, 0.5) is 5.13 Å². The van der Waals surface area contributed by atoms with Crippen molar-refractivity contribution in [2.75, 3.05) is 38.2 Å². The number of piperazine rings is 1. The summed E-state index contributed by atoms with van der Waals surface area (Å²) in [6.07, 6.45) is 0.510. The molecule has 2 aromatic heterocycles. The molecule has 1 aliphatic rings. The lowest BCUT2D eigenvalue weighted by atomic mass is 10.2. The molecular weight excluding hydrogens is 354 g/mol. The molecule has 4 rings (SSSR count). The standard InChI is InChI=1S/C18H19N3O2S2/c1-23-14-5-2-6-15-17(14)19-18(25-15)21-9-7-20(8-10-21)16(22)12-13-4-3-11-24-13/h2-6,11H,7-10,12H2,1H3. The number of nitrogens with zero attached hydrogens (tertiary/aromatic N) is 3. The summed E-state index contributed by atoms with van der Waals surface area (Å²) in [5.41, 5.74) is 0.918. The van der Waals surface area contributed by atoms with Crippen LogP contribution in [0.25, 0.3) is 10.2 Å². The zero-order valence-electron chi connectivity index (χ0n) is 14.0. The number of rotatable bonds is 4. The fourth-order valence-electron chi connectivity index (χ4n) is 3.03. The molecular formula is C18H19N3O2S2. The van der Waals surface area contributed by atoms with Crippen LogP contribution in [0.15, 0.2) is 35.7 Å².